The summed E-state index contributed by atoms with van der Waals surface area (Å²) in [5.41, 5.74) is 8.58. The minimum atomic E-state index is -0.639. The number of thioether (sulfide) groups is 1. The second-order valence-electron chi connectivity index (χ2n) is 10.5. The number of amides is 4. The number of hydrogen-bond acceptors (Lipinski definition) is 6. The van der Waals surface area contributed by atoms with Crippen LogP contribution in [0.5, 0.6) is 5.75 Å². The fraction of sp³-hybridized carbons (Fsp3) is 0.0526. The van der Waals surface area contributed by atoms with Crippen LogP contribution in [-0.4, -0.2) is 29.4 Å². The molecule has 0 saturated carbocycles. The van der Waals surface area contributed by atoms with E-state index in [9.17, 15) is 19.2 Å². The molecule has 0 bridgehead atoms. The number of para-hydroxylation sites is 1. The average Bonchev–Trinajstić information content (AvgIpc) is 3.11. The lowest BCUT2D eigenvalue weighted by Crippen LogP contribution is -2.30. The van der Waals surface area contributed by atoms with E-state index < -0.39 is 17.7 Å². The summed E-state index contributed by atoms with van der Waals surface area (Å²) in [5.74, 6) is -1.22. The van der Waals surface area contributed by atoms with Gasteiger partial charge in [0.1, 0.15) is 18.1 Å². The van der Waals surface area contributed by atoms with Crippen LogP contribution in [0.4, 0.5) is 11.4 Å². The molecule has 0 unspecified atom stereocenters. The molecule has 9 nitrogen and oxygen atoms in total. The van der Waals surface area contributed by atoms with Crippen molar-refractivity contribution in [3.8, 4) is 5.75 Å². The molecule has 10 heteroatoms. The third kappa shape index (κ3) is 9.68. The van der Waals surface area contributed by atoms with Crippen LogP contribution >= 0.6 is 11.8 Å². The highest BCUT2D eigenvalue weighted by Crippen LogP contribution is 2.23. The summed E-state index contributed by atoms with van der Waals surface area (Å²) in [4.78, 5) is 51.6. The summed E-state index contributed by atoms with van der Waals surface area (Å²) in [6, 6.07) is 39.1. The van der Waals surface area contributed by atoms with Crippen LogP contribution in [0.1, 0.15) is 31.8 Å². The summed E-state index contributed by atoms with van der Waals surface area (Å²) in [6.07, 6.45) is 1.59. The zero-order valence-corrected chi connectivity index (χ0v) is 26.5. The minimum Gasteiger partial charge on any atom is -0.489 e. The van der Waals surface area contributed by atoms with Gasteiger partial charge in [-0.15, -0.1) is 11.8 Å². The number of nitrogens with one attached hydrogen (secondary N) is 3. The number of benzene rings is 5. The fourth-order valence-corrected chi connectivity index (χ4v) is 5.27. The summed E-state index contributed by atoms with van der Waals surface area (Å²) in [5, 5.41) is 8.30. The standard InChI is InChI=1S/C38H32N4O5S/c39-36(44)32-16-7-8-17-33(32)41-35(43)25-48-31-15-9-14-29(23-31)40-38(46)34(42-37(45)28-12-5-2-6-13-28)22-26-18-20-30(21-19-26)47-24-27-10-3-1-4-11-27/h1-23H,24-25H2,(H2,39,44)(H,40,46)(H,41,43)(H,42,45)/b34-22+. The first kappa shape index (κ1) is 33.2. The van der Waals surface area contributed by atoms with Crippen LogP contribution in [0.3, 0.4) is 0 Å². The van der Waals surface area contributed by atoms with E-state index in [4.69, 9.17) is 10.5 Å². The quantitative estimate of drug-likeness (QED) is 0.0843. The van der Waals surface area contributed by atoms with Crippen molar-refractivity contribution in [2.75, 3.05) is 16.4 Å². The van der Waals surface area contributed by atoms with Gasteiger partial charge in [0.05, 0.1) is 17.0 Å². The molecule has 0 fully saturated rings. The van der Waals surface area contributed by atoms with Crippen molar-refractivity contribution in [1.29, 1.82) is 0 Å². The van der Waals surface area contributed by atoms with Gasteiger partial charge in [0.25, 0.3) is 17.7 Å². The smallest absolute Gasteiger partial charge is 0.272 e. The lowest BCUT2D eigenvalue weighted by atomic mass is 10.1. The second-order valence-corrected chi connectivity index (χ2v) is 11.5. The summed E-state index contributed by atoms with van der Waals surface area (Å²) >= 11 is 1.25. The van der Waals surface area contributed by atoms with E-state index in [-0.39, 0.29) is 22.9 Å². The number of ether oxygens (including phenoxy) is 1. The van der Waals surface area contributed by atoms with Crippen molar-refractivity contribution in [3.63, 3.8) is 0 Å². The largest absolute Gasteiger partial charge is 0.489 e. The van der Waals surface area contributed by atoms with Crippen molar-refractivity contribution < 1.29 is 23.9 Å². The Kier molecular flexibility index (Phi) is 11.4. The average molecular weight is 657 g/mol. The summed E-state index contributed by atoms with van der Waals surface area (Å²) in [6.45, 7) is 0.419. The van der Waals surface area contributed by atoms with Gasteiger partial charge in [0.15, 0.2) is 0 Å². The maximum atomic E-state index is 13.6. The Balaban J connectivity index is 1.26. The number of carbonyl (C=O) groups is 4. The van der Waals surface area contributed by atoms with Crippen LogP contribution in [0, 0.1) is 0 Å². The van der Waals surface area contributed by atoms with Crippen LogP contribution in [0.2, 0.25) is 0 Å². The van der Waals surface area contributed by atoms with E-state index in [1.807, 2.05) is 30.3 Å². The predicted molar refractivity (Wildman–Crippen MR) is 188 cm³/mol. The molecule has 5 aromatic carbocycles. The highest BCUT2D eigenvalue weighted by Gasteiger charge is 2.16. The third-order valence-electron chi connectivity index (χ3n) is 6.90. The van der Waals surface area contributed by atoms with Crippen LogP contribution in [0.25, 0.3) is 6.08 Å². The van der Waals surface area contributed by atoms with Gasteiger partial charge in [-0.1, -0.05) is 78.9 Å². The topological polar surface area (TPSA) is 140 Å². The molecule has 5 N–H and O–H groups in total. The number of carbonyl (C=O) groups excluding carboxylic acids is 4. The Morgan fingerprint density at radius 2 is 1.42 bits per heavy atom. The van der Waals surface area contributed by atoms with E-state index in [0.717, 1.165) is 10.5 Å². The SMILES string of the molecule is NC(=O)c1ccccc1NC(=O)CSc1cccc(NC(=O)/C(=C\c2ccc(OCc3ccccc3)cc2)NC(=O)c2ccccc2)c1. The van der Waals surface area contributed by atoms with E-state index >= 15 is 0 Å². The van der Waals surface area contributed by atoms with Gasteiger partial charge in [-0.05, 0) is 71.8 Å². The molecular formula is C38H32N4O5S. The predicted octanol–water partition coefficient (Wildman–Crippen LogP) is 6.50. The number of rotatable bonds is 13. The maximum absolute atomic E-state index is 13.6. The lowest BCUT2D eigenvalue weighted by Gasteiger charge is -2.13. The van der Waals surface area contributed by atoms with E-state index in [0.29, 0.717) is 34.9 Å². The fourth-order valence-electron chi connectivity index (χ4n) is 4.51. The van der Waals surface area contributed by atoms with E-state index in [1.165, 1.54) is 11.8 Å². The van der Waals surface area contributed by atoms with Gasteiger partial charge in [0, 0.05) is 16.1 Å². The lowest BCUT2D eigenvalue weighted by molar-refractivity contribution is -0.114. The third-order valence-corrected chi connectivity index (χ3v) is 7.89. The molecule has 0 aliphatic heterocycles. The number of anilines is 2. The molecule has 0 saturated heterocycles. The highest BCUT2D eigenvalue weighted by molar-refractivity contribution is 8.00. The van der Waals surface area contributed by atoms with Gasteiger partial charge in [0.2, 0.25) is 5.91 Å². The number of nitrogens with two attached hydrogens (primary N) is 1. The first-order chi connectivity index (χ1) is 23.3. The normalized spacial score (nSPS) is 10.9. The molecular weight excluding hydrogens is 625 g/mol. The Hall–Kier alpha value is -6.13. The molecule has 0 aliphatic carbocycles. The van der Waals surface area contributed by atoms with Gasteiger partial charge in [-0.25, -0.2) is 0 Å². The monoisotopic (exact) mass is 656 g/mol. The Morgan fingerprint density at radius 1 is 0.729 bits per heavy atom. The highest BCUT2D eigenvalue weighted by atomic mass is 32.2. The second kappa shape index (κ2) is 16.4. The molecule has 0 radical (unpaired) electrons. The molecule has 0 atom stereocenters. The van der Waals surface area contributed by atoms with Crippen molar-refractivity contribution >= 4 is 52.8 Å². The molecule has 48 heavy (non-hydrogen) atoms. The van der Waals surface area contributed by atoms with Gasteiger partial charge >= 0.3 is 0 Å². The van der Waals surface area contributed by atoms with Gasteiger partial charge in [-0.3, -0.25) is 19.2 Å². The van der Waals surface area contributed by atoms with Crippen LogP contribution in [-0.2, 0) is 16.2 Å². The first-order valence-corrected chi connectivity index (χ1v) is 15.9. The van der Waals surface area contributed by atoms with Crippen molar-refractivity contribution in [3.05, 3.63) is 161 Å². The molecule has 0 aliphatic rings. The first-order valence-electron chi connectivity index (χ1n) is 14.9. The molecule has 0 heterocycles. The molecule has 0 aromatic heterocycles. The van der Waals surface area contributed by atoms with Crippen LogP contribution in [0.15, 0.2) is 144 Å². The molecule has 5 aromatic rings. The zero-order chi connectivity index (χ0) is 33.7. The van der Waals surface area contributed by atoms with Crippen molar-refractivity contribution in [2.45, 2.75) is 11.5 Å². The van der Waals surface area contributed by atoms with Gasteiger partial charge in [-0.2, -0.15) is 0 Å². The van der Waals surface area contributed by atoms with Crippen molar-refractivity contribution in [2.24, 2.45) is 5.73 Å². The van der Waals surface area contributed by atoms with E-state index in [2.05, 4.69) is 16.0 Å². The Morgan fingerprint density at radius 3 is 2.15 bits per heavy atom. The molecule has 4 amide bonds. The van der Waals surface area contributed by atoms with Crippen LogP contribution < -0.4 is 26.4 Å². The van der Waals surface area contributed by atoms with E-state index in [1.54, 1.807) is 109 Å². The molecule has 240 valence electrons. The summed E-state index contributed by atoms with van der Waals surface area (Å²) in [7, 11) is 0. The van der Waals surface area contributed by atoms with Crippen molar-refractivity contribution in [1.82, 2.24) is 5.32 Å². The number of primary amides is 1. The number of hydrogen-bond donors (Lipinski definition) is 4. The Labute approximate surface area is 282 Å². The molecule has 5 rings (SSSR count). The summed E-state index contributed by atoms with van der Waals surface area (Å²) < 4.78 is 5.88. The maximum Gasteiger partial charge on any atom is 0.272 e. The van der Waals surface area contributed by atoms with Gasteiger partial charge < -0.3 is 26.4 Å². The minimum absolute atomic E-state index is 0.0346. The Bertz CT molecular complexity index is 1930. The zero-order valence-electron chi connectivity index (χ0n) is 25.7. The molecule has 0 spiro atoms.